The van der Waals surface area contributed by atoms with Gasteiger partial charge in [0.25, 0.3) is 0 Å². The lowest BCUT2D eigenvalue weighted by atomic mass is 10.1. The first-order valence-electron chi connectivity index (χ1n) is 6.00. The molecule has 0 aliphatic rings. The quantitative estimate of drug-likeness (QED) is 0.623. The monoisotopic (exact) mass is 296 g/mol. The van der Waals surface area contributed by atoms with Gasteiger partial charge in [0, 0.05) is 21.2 Å². The molecule has 0 radical (unpaired) electrons. The van der Waals surface area contributed by atoms with Crippen molar-refractivity contribution in [3.8, 4) is 6.07 Å². The minimum absolute atomic E-state index is 0.513. The van der Waals surface area contributed by atoms with Crippen LogP contribution >= 0.6 is 22.9 Å². The largest absolute Gasteiger partial charge is 0.256 e. The van der Waals surface area contributed by atoms with Gasteiger partial charge in [-0.05, 0) is 24.3 Å². The highest BCUT2D eigenvalue weighted by Gasteiger charge is 2.10. The van der Waals surface area contributed by atoms with Gasteiger partial charge in [-0.2, -0.15) is 5.26 Å². The van der Waals surface area contributed by atoms with E-state index in [9.17, 15) is 5.26 Å². The van der Waals surface area contributed by atoms with Crippen molar-refractivity contribution in [1.82, 2.24) is 4.98 Å². The topological polar surface area (TPSA) is 36.7 Å². The van der Waals surface area contributed by atoms with E-state index < -0.39 is 0 Å². The number of benzene rings is 1. The molecular weight excluding hydrogens is 288 g/mol. The number of rotatable bonds is 2. The summed E-state index contributed by atoms with van der Waals surface area (Å²) in [6.45, 7) is 0. The van der Waals surface area contributed by atoms with Crippen LogP contribution in [0, 0.1) is 11.3 Å². The van der Waals surface area contributed by atoms with E-state index in [1.807, 2.05) is 42.5 Å². The number of thiophene rings is 1. The summed E-state index contributed by atoms with van der Waals surface area (Å²) in [7, 11) is 0. The Balaban J connectivity index is 2.14. The van der Waals surface area contributed by atoms with E-state index >= 15 is 0 Å². The Morgan fingerprint density at radius 3 is 2.70 bits per heavy atom. The molecule has 2 heterocycles. The maximum absolute atomic E-state index is 9.31. The molecule has 4 heteroatoms. The molecule has 1 aromatic carbocycles. The molecule has 0 aliphatic heterocycles. The van der Waals surface area contributed by atoms with Gasteiger partial charge >= 0.3 is 0 Å². The van der Waals surface area contributed by atoms with E-state index in [0.717, 1.165) is 15.0 Å². The van der Waals surface area contributed by atoms with Crippen molar-refractivity contribution in [2.75, 3.05) is 0 Å². The highest BCUT2D eigenvalue weighted by atomic mass is 35.5. The SMILES string of the molecule is N#C/C(=C\c1sc2ccccc2c1Cl)c1ccccn1. The number of nitriles is 1. The number of aromatic nitrogens is 1. The second kappa shape index (κ2) is 5.46. The summed E-state index contributed by atoms with van der Waals surface area (Å²) in [5.41, 5.74) is 1.17. The first-order valence-corrected chi connectivity index (χ1v) is 7.19. The lowest BCUT2D eigenvalue weighted by molar-refractivity contribution is 1.28. The molecular formula is C16H9ClN2S. The summed E-state index contributed by atoms with van der Waals surface area (Å²) in [4.78, 5) is 5.08. The van der Waals surface area contributed by atoms with Gasteiger partial charge in [-0.3, -0.25) is 4.98 Å². The summed E-state index contributed by atoms with van der Waals surface area (Å²) >= 11 is 7.96. The van der Waals surface area contributed by atoms with Crippen LogP contribution in [0.15, 0.2) is 48.7 Å². The predicted molar refractivity (Wildman–Crippen MR) is 84.6 cm³/mol. The molecule has 3 rings (SSSR count). The van der Waals surface area contributed by atoms with Crippen molar-refractivity contribution in [1.29, 1.82) is 5.26 Å². The molecule has 0 saturated heterocycles. The average molecular weight is 297 g/mol. The van der Waals surface area contributed by atoms with Crippen LogP contribution in [-0.4, -0.2) is 4.98 Å². The van der Waals surface area contributed by atoms with Crippen LogP contribution in [0.25, 0.3) is 21.7 Å². The van der Waals surface area contributed by atoms with Crippen molar-refractivity contribution >= 4 is 44.7 Å². The molecule has 3 aromatic rings. The number of pyridine rings is 1. The van der Waals surface area contributed by atoms with Gasteiger partial charge in [-0.15, -0.1) is 11.3 Å². The molecule has 0 N–H and O–H groups in total. The zero-order chi connectivity index (χ0) is 13.9. The van der Waals surface area contributed by atoms with Crippen LogP contribution < -0.4 is 0 Å². The lowest BCUT2D eigenvalue weighted by Gasteiger charge is -1.96. The maximum atomic E-state index is 9.31. The van der Waals surface area contributed by atoms with Crippen molar-refractivity contribution in [3.05, 3.63) is 64.3 Å². The van der Waals surface area contributed by atoms with Gasteiger partial charge in [0.2, 0.25) is 0 Å². The van der Waals surface area contributed by atoms with Crippen LogP contribution in [-0.2, 0) is 0 Å². The van der Waals surface area contributed by atoms with Gasteiger partial charge in [-0.1, -0.05) is 35.9 Å². The Kier molecular flexibility index (Phi) is 3.51. The first-order chi connectivity index (χ1) is 9.79. The second-order valence-electron chi connectivity index (χ2n) is 4.16. The van der Waals surface area contributed by atoms with Gasteiger partial charge in [-0.25, -0.2) is 0 Å². The number of nitrogens with zero attached hydrogens (tertiary/aromatic N) is 2. The Morgan fingerprint density at radius 1 is 1.20 bits per heavy atom. The first kappa shape index (κ1) is 12.9. The molecule has 0 fully saturated rings. The van der Waals surface area contributed by atoms with Crippen molar-refractivity contribution in [2.24, 2.45) is 0 Å². The van der Waals surface area contributed by atoms with Gasteiger partial charge in [0.15, 0.2) is 0 Å². The average Bonchev–Trinajstić information content (AvgIpc) is 2.82. The third-order valence-corrected chi connectivity index (χ3v) is 4.53. The van der Waals surface area contributed by atoms with Crippen molar-refractivity contribution in [2.45, 2.75) is 0 Å². The standard InChI is InChI=1S/C16H9ClN2S/c17-16-12-5-1-2-7-14(12)20-15(16)9-11(10-18)13-6-3-4-8-19-13/h1-9H/b11-9+. The van der Waals surface area contributed by atoms with Gasteiger partial charge < -0.3 is 0 Å². The summed E-state index contributed by atoms with van der Waals surface area (Å²) < 4.78 is 1.11. The summed E-state index contributed by atoms with van der Waals surface area (Å²) in [5, 5.41) is 11.0. The van der Waals surface area contributed by atoms with Crippen LogP contribution in [0.5, 0.6) is 0 Å². The van der Waals surface area contributed by atoms with E-state index in [-0.39, 0.29) is 0 Å². The molecule has 2 nitrogen and oxygen atoms in total. The van der Waals surface area contributed by atoms with Crippen LogP contribution in [0.1, 0.15) is 10.6 Å². The number of fused-ring (bicyclic) bond motifs is 1. The number of allylic oxidation sites excluding steroid dienone is 1. The Bertz CT molecular complexity index is 829. The molecule has 20 heavy (non-hydrogen) atoms. The molecule has 0 aliphatic carbocycles. The highest BCUT2D eigenvalue weighted by molar-refractivity contribution is 7.20. The molecule has 0 unspecified atom stereocenters. The third-order valence-electron chi connectivity index (χ3n) is 2.90. The van der Waals surface area contributed by atoms with Crippen molar-refractivity contribution in [3.63, 3.8) is 0 Å². The summed E-state index contributed by atoms with van der Waals surface area (Å²) in [6, 6.07) is 15.6. The van der Waals surface area contributed by atoms with Gasteiger partial charge in [0.05, 0.1) is 16.3 Å². The highest BCUT2D eigenvalue weighted by Crippen LogP contribution is 2.37. The Morgan fingerprint density at radius 2 is 2.00 bits per heavy atom. The second-order valence-corrected chi connectivity index (χ2v) is 5.62. The van der Waals surface area contributed by atoms with Crippen LogP contribution in [0.4, 0.5) is 0 Å². The zero-order valence-electron chi connectivity index (χ0n) is 10.4. The fraction of sp³-hybridized carbons (Fsp3) is 0. The smallest absolute Gasteiger partial charge is 0.101 e. The van der Waals surface area contributed by atoms with Crippen LogP contribution in [0.3, 0.4) is 0 Å². The van der Waals surface area contributed by atoms with E-state index in [2.05, 4.69) is 11.1 Å². The Labute approximate surface area is 125 Å². The normalized spacial score (nSPS) is 11.5. The summed E-state index contributed by atoms with van der Waals surface area (Å²) in [5.74, 6) is 0. The maximum Gasteiger partial charge on any atom is 0.101 e. The lowest BCUT2D eigenvalue weighted by Crippen LogP contribution is -1.84. The number of hydrogen-bond acceptors (Lipinski definition) is 3. The molecule has 0 atom stereocenters. The molecule has 96 valence electrons. The van der Waals surface area contributed by atoms with Gasteiger partial charge in [0.1, 0.15) is 6.07 Å². The molecule has 0 bridgehead atoms. The van der Waals surface area contributed by atoms with Crippen molar-refractivity contribution < 1.29 is 0 Å². The minimum atomic E-state index is 0.513. The van der Waals surface area contributed by atoms with E-state index in [4.69, 9.17) is 11.6 Å². The predicted octanol–water partition coefficient (Wildman–Crippen LogP) is 5.01. The molecule has 2 aromatic heterocycles. The summed E-state index contributed by atoms with van der Waals surface area (Å²) in [6.07, 6.45) is 3.47. The van der Waals surface area contributed by atoms with E-state index in [1.54, 1.807) is 23.6 Å². The molecule has 0 spiro atoms. The van der Waals surface area contributed by atoms with E-state index in [0.29, 0.717) is 16.3 Å². The fourth-order valence-corrected chi connectivity index (χ4v) is 3.37. The van der Waals surface area contributed by atoms with E-state index in [1.165, 1.54) is 0 Å². The Hall–Kier alpha value is -2.15. The number of hydrogen-bond donors (Lipinski definition) is 0. The zero-order valence-corrected chi connectivity index (χ0v) is 11.9. The number of halogens is 1. The third kappa shape index (κ3) is 2.32. The minimum Gasteiger partial charge on any atom is -0.256 e. The van der Waals surface area contributed by atoms with Crippen LogP contribution in [0.2, 0.25) is 5.02 Å². The molecule has 0 saturated carbocycles. The fourth-order valence-electron chi connectivity index (χ4n) is 1.94. The molecule has 0 amide bonds.